The van der Waals surface area contributed by atoms with Gasteiger partial charge in [-0.1, -0.05) is 18.2 Å². The third kappa shape index (κ3) is 5.05. The highest BCUT2D eigenvalue weighted by molar-refractivity contribution is 6.05. The molecule has 8 nitrogen and oxygen atoms in total. The maximum absolute atomic E-state index is 12.5. The molecule has 8 heteroatoms. The van der Waals surface area contributed by atoms with E-state index in [4.69, 9.17) is 9.47 Å². The third-order valence-electron chi connectivity index (χ3n) is 4.43. The van der Waals surface area contributed by atoms with Crippen LogP contribution < -0.4 is 20.1 Å². The van der Waals surface area contributed by atoms with Crippen molar-refractivity contribution in [3.8, 4) is 11.5 Å². The van der Waals surface area contributed by atoms with Gasteiger partial charge in [-0.2, -0.15) is 0 Å². The Bertz CT molecular complexity index is 1050. The number of ether oxygens (including phenoxy) is 2. The van der Waals surface area contributed by atoms with Crippen molar-refractivity contribution >= 4 is 23.0 Å². The van der Waals surface area contributed by atoms with Gasteiger partial charge >= 0.3 is 0 Å². The number of anilines is 2. The van der Waals surface area contributed by atoms with E-state index in [2.05, 4.69) is 10.6 Å². The zero-order chi connectivity index (χ0) is 21.5. The van der Waals surface area contributed by atoms with Crippen LogP contribution in [0.3, 0.4) is 0 Å². The van der Waals surface area contributed by atoms with E-state index in [0.29, 0.717) is 23.7 Å². The summed E-state index contributed by atoms with van der Waals surface area (Å²) in [6, 6.07) is 18.6. The van der Waals surface area contributed by atoms with E-state index in [1.807, 2.05) is 24.3 Å². The van der Waals surface area contributed by atoms with Crippen molar-refractivity contribution in [1.82, 2.24) is 0 Å². The summed E-state index contributed by atoms with van der Waals surface area (Å²) in [7, 11) is 3.12. The maximum atomic E-state index is 12.5. The number of methoxy groups -OCH3 is 2. The summed E-state index contributed by atoms with van der Waals surface area (Å²) >= 11 is 0. The first-order valence-corrected chi connectivity index (χ1v) is 9.11. The topological polar surface area (TPSA) is 103 Å². The molecule has 0 aromatic heterocycles. The predicted molar refractivity (Wildman–Crippen MR) is 114 cm³/mol. The lowest BCUT2D eigenvalue weighted by atomic mass is 10.1. The average Bonchev–Trinajstić information content (AvgIpc) is 2.78. The van der Waals surface area contributed by atoms with Gasteiger partial charge in [-0.05, 0) is 42.0 Å². The molecule has 2 N–H and O–H groups in total. The minimum Gasteiger partial charge on any atom is -0.497 e. The summed E-state index contributed by atoms with van der Waals surface area (Å²) in [5, 5.41) is 17.3. The molecule has 0 saturated heterocycles. The Labute approximate surface area is 173 Å². The Balaban J connectivity index is 1.75. The molecule has 3 aromatic carbocycles. The van der Waals surface area contributed by atoms with Crippen LogP contribution in [0.25, 0.3) is 0 Å². The molecule has 0 aliphatic heterocycles. The van der Waals surface area contributed by atoms with Crippen LogP contribution in [0.1, 0.15) is 15.9 Å². The minimum absolute atomic E-state index is 0.179. The van der Waals surface area contributed by atoms with Crippen LogP contribution in [0, 0.1) is 10.1 Å². The molecular formula is C22H21N3O5. The Morgan fingerprint density at radius 2 is 1.70 bits per heavy atom. The molecule has 0 saturated carbocycles. The second kappa shape index (κ2) is 9.42. The quantitative estimate of drug-likeness (QED) is 0.422. The number of nitro benzene ring substituents is 1. The summed E-state index contributed by atoms with van der Waals surface area (Å²) < 4.78 is 10.2. The summed E-state index contributed by atoms with van der Waals surface area (Å²) in [6.07, 6.45) is 0. The molecule has 0 spiro atoms. The Hall–Kier alpha value is -4.07. The second-order valence-electron chi connectivity index (χ2n) is 6.38. The van der Waals surface area contributed by atoms with Crippen molar-refractivity contribution in [2.75, 3.05) is 24.9 Å². The number of benzene rings is 3. The molecule has 154 valence electrons. The zero-order valence-corrected chi connectivity index (χ0v) is 16.5. The highest BCUT2D eigenvalue weighted by Crippen LogP contribution is 2.27. The van der Waals surface area contributed by atoms with Crippen molar-refractivity contribution in [2.24, 2.45) is 0 Å². The molecule has 1 amide bonds. The molecule has 0 unspecified atom stereocenters. The molecule has 0 atom stereocenters. The van der Waals surface area contributed by atoms with E-state index >= 15 is 0 Å². The van der Waals surface area contributed by atoms with Gasteiger partial charge in [0.1, 0.15) is 17.2 Å². The molecule has 30 heavy (non-hydrogen) atoms. The van der Waals surface area contributed by atoms with Gasteiger partial charge in [-0.15, -0.1) is 0 Å². The van der Waals surface area contributed by atoms with Crippen molar-refractivity contribution in [2.45, 2.75) is 6.54 Å². The number of nitro groups is 1. The Morgan fingerprint density at radius 1 is 0.967 bits per heavy atom. The van der Waals surface area contributed by atoms with E-state index in [1.165, 1.54) is 19.2 Å². The van der Waals surface area contributed by atoms with Crippen LogP contribution in [0.2, 0.25) is 0 Å². The molecule has 0 radical (unpaired) electrons. The third-order valence-corrected chi connectivity index (χ3v) is 4.43. The first kappa shape index (κ1) is 20.7. The van der Waals surface area contributed by atoms with Crippen molar-refractivity contribution in [1.29, 1.82) is 0 Å². The lowest BCUT2D eigenvalue weighted by Crippen LogP contribution is -2.13. The van der Waals surface area contributed by atoms with Gasteiger partial charge in [-0.25, -0.2) is 0 Å². The first-order valence-electron chi connectivity index (χ1n) is 9.11. The SMILES string of the molecule is COc1ccc(CNc2ccc(C(=O)Nc3cccc(OC)c3)cc2[N+](=O)[O-])cc1. The van der Waals surface area contributed by atoms with Crippen LogP contribution in [-0.2, 0) is 6.54 Å². The lowest BCUT2D eigenvalue weighted by molar-refractivity contribution is -0.384. The van der Waals surface area contributed by atoms with Gasteiger partial charge in [0.05, 0.1) is 19.1 Å². The number of amides is 1. The van der Waals surface area contributed by atoms with E-state index < -0.39 is 10.8 Å². The molecule has 0 aliphatic rings. The number of carbonyl (C=O) groups is 1. The fourth-order valence-electron chi connectivity index (χ4n) is 2.82. The lowest BCUT2D eigenvalue weighted by Gasteiger charge is -2.10. The molecule has 3 rings (SSSR count). The number of nitrogens with zero attached hydrogens (tertiary/aromatic N) is 1. The number of hydrogen-bond acceptors (Lipinski definition) is 6. The van der Waals surface area contributed by atoms with Crippen LogP contribution in [0.15, 0.2) is 66.7 Å². The highest BCUT2D eigenvalue weighted by Gasteiger charge is 2.18. The van der Waals surface area contributed by atoms with Gasteiger partial charge in [0, 0.05) is 29.9 Å². The van der Waals surface area contributed by atoms with Gasteiger partial charge in [0.2, 0.25) is 0 Å². The van der Waals surface area contributed by atoms with Crippen LogP contribution in [-0.4, -0.2) is 25.1 Å². The predicted octanol–water partition coefficient (Wildman–Crippen LogP) is 4.48. The van der Waals surface area contributed by atoms with Crippen LogP contribution >= 0.6 is 0 Å². The molecule has 0 heterocycles. The standard InChI is InChI=1S/C22H21N3O5/c1-29-18-9-6-15(7-10-18)14-23-20-11-8-16(12-21(20)25(27)28)22(26)24-17-4-3-5-19(13-17)30-2/h3-13,23H,14H2,1-2H3,(H,24,26). The zero-order valence-electron chi connectivity index (χ0n) is 16.5. The number of nitrogens with one attached hydrogen (secondary N) is 2. The Morgan fingerprint density at radius 3 is 2.37 bits per heavy atom. The number of rotatable bonds is 8. The van der Waals surface area contributed by atoms with Crippen molar-refractivity contribution < 1.29 is 19.2 Å². The largest absolute Gasteiger partial charge is 0.497 e. The second-order valence-corrected chi connectivity index (χ2v) is 6.38. The fourth-order valence-corrected chi connectivity index (χ4v) is 2.82. The highest BCUT2D eigenvalue weighted by atomic mass is 16.6. The van der Waals surface area contributed by atoms with Gasteiger partial charge in [-0.3, -0.25) is 14.9 Å². The van der Waals surface area contributed by atoms with Crippen LogP contribution in [0.5, 0.6) is 11.5 Å². The molecule has 0 bridgehead atoms. The fraction of sp³-hybridized carbons (Fsp3) is 0.136. The monoisotopic (exact) mass is 407 g/mol. The van der Waals surface area contributed by atoms with Gasteiger partial charge in [0.25, 0.3) is 11.6 Å². The smallest absolute Gasteiger partial charge is 0.293 e. The van der Waals surface area contributed by atoms with Gasteiger partial charge in [0.15, 0.2) is 0 Å². The summed E-state index contributed by atoms with van der Waals surface area (Å²) in [5.74, 6) is 0.876. The van der Waals surface area contributed by atoms with Crippen molar-refractivity contribution in [3.63, 3.8) is 0 Å². The van der Waals surface area contributed by atoms with Crippen molar-refractivity contribution in [3.05, 3.63) is 88.0 Å². The minimum atomic E-state index is -0.515. The molecular weight excluding hydrogens is 386 g/mol. The van der Waals surface area contributed by atoms with Gasteiger partial charge < -0.3 is 20.1 Å². The Kier molecular flexibility index (Phi) is 6.49. The number of carbonyl (C=O) groups excluding carboxylic acids is 1. The molecule has 3 aromatic rings. The molecule has 0 aliphatic carbocycles. The summed E-state index contributed by atoms with van der Waals surface area (Å²) in [4.78, 5) is 23.6. The summed E-state index contributed by atoms with van der Waals surface area (Å²) in [5.41, 5.74) is 1.80. The molecule has 0 fully saturated rings. The normalized spacial score (nSPS) is 10.2. The van der Waals surface area contributed by atoms with Crippen LogP contribution in [0.4, 0.5) is 17.1 Å². The average molecular weight is 407 g/mol. The van der Waals surface area contributed by atoms with E-state index in [0.717, 1.165) is 11.3 Å². The maximum Gasteiger partial charge on any atom is 0.293 e. The van der Waals surface area contributed by atoms with E-state index in [1.54, 1.807) is 37.4 Å². The van der Waals surface area contributed by atoms with E-state index in [-0.39, 0.29) is 11.3 Å². The first-order chi connectivity index (χ1) is 14.5. The van der Waals surface area contributed by atoms with E-state index in [9.17, 15) is 14.9 Å². The summed E-state index contributed by atoms with van der Waals surface area (Å²) in [6.45, 7) is 0.389. The number of hydrogen-bond donors (Lipinski definition) is 2.